The molecule has 0 amide bonds. The first-order chi connectivity index (χ1) is 10.5. The van der Waals surface area contributed by atoms with Crippen LogP contribution in [0.25, 0.3) is 11.6 Å². The zero-order valence-corrected chi connectivity index (χ0v) is 12.9. The smallest absolute Gasteiger partial charge is 0.336 e. The van der Waals surface area contributed by atoms with Crippen LogP contribution in [0.1, 0.15) is 11.1 Å². The van der Waals surface area contributed by atoms with Gasteiger partial charge in [0.15, 0.2) is 0 Å². The maximum absolute atomic E-state index is 11.6. The molecule has 5 heteroatoms. The summed E-state index contributed by atoms with van der Waals surface area (Å²) in [7, 11) is 3.08. The molecule has 1 N–H and O–H groups in total. The maximum atomic E-state index is 11.6. The number of halogens is 1. The summed E-state index contributed by atoms with van der Waals surface area (Å²) in [4.78, 5) is 11.6. The molecule has 0 bridgehead atoms. The predicted molar refractivity (Wildman–Crippen MR) is 86.5 cm³/mol. The molecule has 0 saturated heterocycles. The summed E-state index contributed by atoms with van der Waals surface area (Å²) in [6, 6.07) is 11.8. The third-order valence-electron chi connectivity index (χ3n) is 3.12. The zero-order chi connectivity index (χ0) is 16.1. The normalized spacial score (nSPS) is 11.1. The SMILES string of the molecule is COc1ccc(OC)c(/C=C(\C(=O)O)c2ccc(Cl)cc2)c1. The molecule has 0 saturated carbocycles. The van der Waals surface area contributed by atoms with E-state index in [1.54, 1.807) is 55.7 Å². The second-order valence-corrected chi connectivity index (χ2v) is 4.91. The molecule has 2 rings (SSSR count). The van der Waals surface area contributed by atoms with E-state index < -0.39 is 5.97 Å². The summed E-state index contributed by atoms with van der Waals surface area (Å²) in [5.41, 5.74) is 1.32. The van der Waals surface area contributed by atoms with Crippen LogP contribution in [0.3, 0.4) is 0 Å². The number of hydrogen-bond acceptors (Lipinski definition) is 3. The summed E-state index contributed by atoms with van der Waals surface area (Å²) in [5.74, 6) is 0.147. The van der Waals surface area contributed by atoms with Gasteiger partial charge < -0.3 is 14.6 Å². The van der Waals surface area contributed by atoms with E-state index in [1.807, 2.05) is 0 Å². The Morgan fingerprint density at radius 2 is 1.77 bits per heavy atom. The van der Waals surface area contributed by atoms with Gasteiger partial charge in [-0.1, -0.05) is 23.7 Å². The summed E-state index contributed by atoms with van der Waals surface area (Å²) in [6.45, 7) is 0. The van der Waals surface area contributed by atoms with Crippen LogP contribution >= 0.6 is 11.6 Å². The van der Waals surface area contributed by atoms with Crippen molar-refractivity contribution in [2.24, 2.45) is 0 Å². The fourth-order valence-corrected chi connectivity index (χ4v) is 2.13. The van der Waals surface area contributed by atoms with Gasteiger partial charge in [0.2, 0.25) is 0 Å². The van der Waals surface area contributed by atoms with Crippen molar-refractivity contribution in [2.75, 3.05) is 14.2 Å². The number of hydrogen-bond donors (Lipinski definition) is 1. The van der Waals surface area contributed by atoms with Crippen LogP contribution in [-0.4, -0.2) is 25.3 Å². The number of carboxylic acids is 1. The van der Waals surface area contributed by atoms with Gasteiger partial charge in [0.1, 0.15) is 11.5 Å². The molecule has 0 spiro atoms. The van der Waals surface area contributed by atoms with E-state index in [1.165, 1.54) is 7.11 Å². The van der Waals surface area contributed by atoms with Crippen LogP contribution in [-0.2, 0) is 4.79 Å². The largest absolute Gasteiger partial charge is 0.497 e. The van der Waals surface area contributed by atoms with E-state index in [9.17, 15) is 9.90 Å². The second kappa shape index (κ2) is 7.00. The Bertz CT molecular complexity index is 705. The van der Waals surface area contributed by atoms with Crippen LogP contribution in [0.15, 0.2) is 42.5 Å². The second-order valence-electron chi connectivity index (χ2n) is 4.48. The fraction of sp³-hybridized carbons (Fsp3) is 0.118. The van der Waals surface area contributed by atoms with E-state index in [4.69, 9.17) is 21.1 Å². The lowest BCUT2D eigenvalue weighted by Gasteiger charge is -2.09. The highest BCUT2D eigenvalue weighted by molar-refractivity contribution is 6.30. The summed E-state index contributed by atoms with van der Waals surface area (Å²) in [6.07, 6.45) is 1.55. The molecular formula is C17H15ClO4. The average molecular weight is 319 g/mol. The number of benzene rings is 2. The molecule has 0 aromatic heterocycles. The van der Waals surface area contributed by atoms with Crippen molar-refractivity contribution >= 4 is 29.2 Å². The molecule has 0 unspecified atom stereocenters. The third kappa shape index (κ3) is 3.59. The molecule has 2 aromatic rings. The van der Waals surface area contributed by atoms with Gasteiger partial charge in [0.25, 0.3) is 0 Å². The number of aliphatic carboxylic acids is 1. The maximum Gasteiger partial charge on any atom is 0.336 e. The molecule has 2 aromatic carbocycles. The predicted octanol–water partition coefficient (Wildman–Crippen LogP) is 3.98. The van der Waals surface area contributed by atoms with E-state index in [0.717, 1.165) is 0 Å². The minimum atomic E-state index is -1.04. The lowest BCUT2D eigenvalue weighted by Crippen LogP contribution is -2.00. The minimum Gasteiger partial charge on any atom is -0.497 e. The van der Waals surface area contributed by atoms with Crippen molar-refractivity contribution in [3.63, 3.8) is 0 Å². The first-order valence-electron chi connectivity index (χ1n) is 6.48. The highest BCUT2D eigenvalue weighted by atomic mass is 35.5. The van der Waals surface area contributed by atoms with Gasteiger partial charge in [-0.05, 0) is 42.0 Å². The van der Waals surface area contributed by atoms with Crippen molar-refractivity contribution in [3.8, 4) is 11.5 Å². The number of methoxy groups -OCH3 is 2. The van der Waals surface area contributed by atoms with E-state index in [0.29, 0.717) is 27.6 Å². The summed E-state index contributed by atoms with van der Waals surface area (Å²) < 4.78 is 10.4. The zero-order valence-electron chi connectivity index (χ0n) is 12.2. The summed E-state index contributed by atoms with van der Waals surface area (Å²) >= 11 is 5.84. The molecule has 4 nitrogen and oxygen atoms in total. The van der Waals surface area contributed by atoms with Crippen LogP contribution in [0.2, 0.25) is 5.02 Å². The molecular weight excluding hydrogens is 304 g/mol. The molecule has 0 heterocycles. The van der Waals surface area contributed by atoms with Crippen LogP contribution in [0.5, 0.6) is 11.5 Å². The highest BCUT2D eigenvalue weighted by Gasteiger charge is 2.12. The van der Waals surface area contributed by atoms with Crippen LogP contribution in [0, 0.1) is 0 Å². The molecule has 0 fully saturated rings. The van der Waals surface area contributed by atoms with Gasteiger partial charge in [-0.15, -0.1) is 0 Å². The van der Waals surface area contributed by atoms with E-state index in [2.05, 4.69) is 0 Å². The molecule has 22 heavy (non-hydrogen) atoms. The first-order valence-corrected chi connectivity index (χ1v) is 6.86. The average Bonchev–Trinajstić information content (AvgIpc) is 2.53. The number of ether oxygens (including phenoxy) is 2. The van der Waals surface area contributed by atoms with Gasteiger partial charge in [0.05, 0.1) is 19.8 Å². The van der Waals surface area contributed by atoms with Gasteiger partial charge in [-0.25, -0.2) is 4.79 Å². The number of rotatable bonds is 5. The Morgan fingerprint density at radius 1 is 1.09 bits per heavy atom. The number of carboxylic acid groups (broad SMARTS) is 1. The van der Waals surface area contributed by atoms with Crippen molar-refractivity contribution in [2.45, 2.75) is 0 Å². The standard InChI is InChI=1S/C17H15ClO4/c1-21-14-7-8-16(22-2)12(9-14)10-15(17(19)20)11-3-5-13(18)6-4-11/h3-10H,1-2H3,(H,19,20)/b15-10-. The lowest BCUT2D eigenvalue weighted by atomic mass is 10.0. The van der Waals surface area contributed by atoms with E-state index in [-0.39, 0.29) is 5.57 Å². The van der Waals surface area contributed by atoms with Crippen molar-refractivity contribution in [3.05, 3.63) is 58.6 Å². The Hall–Kier alpha value is -2.46. The quantitative estimate of drug-likeness (QED) is 0.669. The van der Waals surface area contributed by atoms with Crippen molar-refractivity contribution in [1.29, 1.82) is 0 Å². The molecule has 0 aliphatic carbocycles. The monoisotopic (exact) mass is 318 g/mol. The van der Waals surface area contributed by atoms with Gasteiger partial charge in [-0.3, -0.25) is 0 Å². The van der Waals surface area contributed by atoms with Crippen LogP contribution < -0.4 is 9.47 Å². The Balaban J connectivity index is 2.55. The Morgan fingerprint density at radius 3 is 2.32 bits per heavy atom. The van der Waals surface area contributed by atoms with Crippen molar-refractivity contribution in [1.82, 2.24) is 0 Å². The Labute approximate surface area is 133 Å². The van der Waals surface area contributed by atoms with Crippen molar-refractivity contribution < 1.29 is 19.4 Å². The molecule has 114 valence electrons. The lowest BCUT2D eigenvalue weighted by molar-refractivity contribution is -0.130. The van der Waals surface area contributed by atoms with Crippen LogP contribution in [0.4, 0.5) is 0 Å². The van der Waals surface area contributed by atoms with Gasteiger partial charge in [-0.2, -0.15) is 0 Å². The molecule has 0 aliphatic heterocycles. The molecule has 0 radical (unpaired) electrons. The minimum absolute atomic E-state index is 0.142. The summed E-state index contributed by atoms with van der Waals surface area (Å²) in [5, 5.41) is 10.0. The van der Waals surface area contributed by atoms with Gasteiger partial charge in [0, 0.05) is 10.6 Å². The molecule has 0 atom stereocenters. The third-order valence-corrected chi connectivity index (χ3v) is 3.37. The van der Waals surface area contributed by atoms with E-state index >= 15 is 0 Å². The highest BCUT2D eigenvalue weighted by Crippen LogP contribution is 2.29. The molecule has 0 aliphatic rings. The fourth-order valence-electron chi connectivity index (χ4n) is 2.01. The first kappa shape index (κ1) is 15.9. The van der Waals surface area contributed by atoms with Gasteiger partial charge >= 0.3 is 5.97 Å². The Kier molecular flexibility index (Phi) is 5.07. The topological polar surface area (TPSA) is 55.8 Å². The number of carbonyl (C=O) groups is 1.